The second-order valence-corrected chi connectivity index (χ2v) is 2.87. The zero-order chi connectivity index (χ0) is 9.84. The number of benzene rings is 1. The second-order valence-electron chi connectivity index (χ2n) is 2.87. The lowest BCUT2D eigenvalue weighted by atomic mass is 10.1. The van der Waals surface area contributed by atoms with Crippen LogP contribution in [-0.2, 0) is 0 Å². The van der Waals surface area contributed by atoms with Gasteiger partial charge in [-0.2, -0.15) is 0 Å². The molecule has 0 bridgehead atoms. The number of aryl methyl sites for hydroxylation is 1. The molecular weight excluding hydrogens is 166 g/mol. The fourth-order valence-electron chi connectivity index (χ4n) is 1.07. The topological polar surface area (TPSA) is 43.4 Å². The van der Waals surface area contributed by atoms with E-state index in [1.807, 2.05) is 13.0 Å². The number of hydrogen-bond acceptors (Lipinski definition) is 2. The third-order valence-corrected chi connectivity index (χ3v) is 1.78. The first-order valence-electron chi connectivity index (χ1n) is 4.21. The van der Waals surface area contributed by atoms with Crippen LogP contribution in [0.1, 0.15) is 22.8 Å². The lowest BCUT2D eigenvalue weighted by molar-refractivity contribution is 0.0828. The molecule has 70 valence electrons. The van der Waals surface area contributed by atoms with Crippen molar-refractivity contribution in [2.75, 3.05) is 6.54 Å². The van der Waals surface area contributed by atoms with E-state index in [9.17, 15) is 10.0 Å². The minimum absolute atomic E-state index is 0.187. The van der Waals surface area contributed by atoms with Crippen LogP contribution in [-0.4, -0.2) is 17.5 Å². The van der Waals surface area contributed by atoms with E-state index >= 15 is 0 Å². The average Bonchev–Trinajstić information content (AvgIpc) is 2.15. The van der Waals surface area contributed by atoms with Crippen LogP contribution in [0.4, 0.5) is 0 Å². The quantitative estimate of drug-likeness (QED) is 0.649. The van der Waals surface area contributed by atoms with Gasteiger partial charge in [0.1, 0.15) is 0 Å². The highest BCUT2D eigenvalue weighted by Crippen LogP contribution is 2.06. The minimum atomic E-state index is -0.466. The molecule has 0 saturated heterocycles. The molecule has 0 aliphatic rings. The van der Waals surface area contributed by atoms with Gasteiger partial charge in [-0.3, -0.25) is 4.79 Å². The van der Waals surface area contributed by atoms with Gasteiger partial charge in [0.2, 0.25) is 5.91 Å². The van der Waals surface area contributed by atoms with Gasteiger partial charge in [-0.1, -0.05) is 17.7 Å². The molecule has 1 aromatic rings. The van der Waals surface area contributed by atoms with Crippen molar-refractivity contribution in [3.8, 4) is 0 Å². The first kappa shape index (κ1) is 9.74. The Morgan fingerprint density at radius 3 is 2.77 bits per heavy atom. The van der Waals surface area contributed by atoms with E-state index in [-0.39, 0.29) is 6.54 Å². The Kier molecular flexibility index (Phi) is 3.03. The van der Waals surface area contributed by atoms with Gasteiger partial charge in [-0.25, -0.2) is 0 Å². The number of rotatable bonds is 2. The Bertz CT molecular complexity index is 310. The van der Waals surface area contributed by atoms with Gasteiger partial charge < -0.3 is 10.3 Å². The fraction of sp³-hybridized carbons (Fsp3) is 0.300. The van der Waals surface area contributed by atoms with Crippen molar-refractivity contribution in [3.63, 3.8) is 0 Å². The summed E-state index contributed by atoms with van der Waals surface area (Å²) < 4.78 is 0. The molecule has 0 N–H and O–H groups in total. The highest BCUT2D eigenvalue weighted by atomic mass is 16.5. The maximum atomic E-state index is 11.3. The molecule has 0 radical (unpaired) electrons. The Balaban J connectivity index is 2.89. The van der Waals surface area contributed by atoms with Gasteiger partial charge in [0.15, 0.2) is 0 Å². The summed E-state index contributed by atoms with van der Waals surface area (Å²) in [6.07, 6.45) is 0. The zero-order valence-corrected chi connectivity index (χ0v) is 7.78. The summed E-state index contributed by atoms with van der Waals surface area (Å²) in [4.78, 5) is 11.3. The highest BCUT2D eigenvalue weighted by molar-refractivity contribution is 5.94. The molecule has 0 heterocycles. The van der Waals surface area contributed by atoms with Crippen molar-refractivity contribution in [1.29, 1.82) is 0 Å². The number of carbonyl (C=O) groups is 1. The van der Waals surface area contributed by atoms with E-state index < -0.39 is 5.91 Å². The molecule has 0 aliphatic heterocycles. The van der Waals surface area contributed by atoms with Crippen LogP contribution in [0, 0.1) is 12.1 Å². The number of carbonyl (C=O) groups excluding carboxylic acids is 1. The molecule has 3 nitrogen and oxygen atoms in total. The van der Waals surface area contributed by atoms with Crippen LogP contribution in [0.3, 0.4) is 0 Å². The van der Waals surface area contributed by atoms with Crippen LogP contribution < -0.4 is 0 Å². The van der Waals surface area contributed by atoms with Crippen molar-refractivity contribution in [2.45, 2.75) is 13.8 Å². The van der Waals surface area contributed by atoms with Crippen molar-refractivity contribution >= 4 is 5.91 Å². The lowest BCUT2D eigenvalue weighted by Gasteiger charge is -2.26. The molecule has 0 atom stereocenters. The number of hydroxylamine groups is 2. The number of hydrogen-bond donors (Lipinski definition) is 0. The average molecular weight is 178 g/mol. The minimum Gasteiger partial charge on any atom is -0.756 e. The number of nitrogens with zero attached hydrogens (tertiary/aromatic N) is 1. The third-order valence-electron chi connectivity index (χ3n) is 1.78. The molecule has 0 saturated carbocycles. The molecule has 0 aliphatic carbocycles. The van der Waals surface area contributed by atoms with Crippen molar-refractivity contribution in [2.24, 2.45) is 0 Å². The summed E-state index contributed by atoms with van der Waals surface area (Å²) >= 11 is 0. The van der Waals surface area contributed by atoms with Crippen molar-refractivity contribution in [3.05, 3.63) is 40.6 Å². The van der Waals surface area contributed by atoms with Crippen LogP contribution in [0.5, 0.6) is 0 Å². The summed E-state index contributed by atoms with van der Waals surface area (Å²) in [5.74, 6) is -0.466. The molecule has 3 heteroatoms. The largest absolute Gasteiger partial charge is 0.756 e. The molecule has 0 spiro atoms. The standard InChI is InChI=1S/C10H12NO2/c1-3-11(13)10(12)9-6-4-5-8(2)7-9/h4-7H,3H2,1-2H3/q-1. The van der Waals surface area contributed by atoms with Crippen molar-refractivity contribution < 1.29 is 4.79 Å². The summed E-state index contributed by atoms with van der Waals surface area (Å²) in [6, 6.07) is 7.02. The second kappa shape index (κ2) is 4.05. The van der Waals surface area contributed by atoms with E-state index in [0.717, 1.165) is 5.56 Å². The van der Waals surface area contributed by atoms with Gasteiger partial charge in [-0.15, -0.1) is 0 Å². The summed E-state index contributed by atoms with van der Waals surface area (Å²) in [6.45, 7) is 3.73. The molecular formula is C10H12NO2-. The molecule has 13 heavy (non-hydrogen) atoms. The molecule has 0 unspecified atom stereocenters. The Hall–Kier alpha value is -1.35. The monoisotopic (exact) mass is 178 g/mol. The van der Waals surface area contributed by atoms with E-state index in [4.69, 9.17) is 0 Å². The van der Waals surface area contributed by atoms with Gasteiger partial charge >= 0.3 is 0 Å². The normalized spacial score (nSPS) is 9.77. The summed E-state index contributed by atoms with van der Waals surface area (Å²) in [5.41, 5.74) is 1.44. The molecule has 0 fully saturated rings. The Morgan fingerprint density at radius 2 is 2.23 bits per heavy atom. The summed E-state index contributed by atoms with van der Waals surface area (Å²) in [5, 5.41) is 11.4. The third kappa shape index (κ3) is 2.29. The van der Waals surface area contributed by atoms with Crippen LogP contribution >= 0.6 is 0 Å². The van der Waals surface area contributed by atoms with Gasteiger partial charge in [0, 0.05) is 12.1 Å². The number of amides is 1. The SMILES string of the molecule is CCN([O-])C(=O)c1cccc(C)c1. The zero-order valence-electron chi connectivity index (χ0n) is 7.78. The predicted octanol–water partition coefficient (Wildman–Crippen LogP) is 1.95. The Labute approximate surface area is 77.6 Å². The van der Waals surface area contributed by atoms with Crippen LogP contribution in [0.2, 0.25) is 0 Å². The fourth-order valence-corrected chi connectivity index (χ4v) is 1.07. The predicted molar refractivity (Wildman–Crippen MR) is 51.3 cm³/mol. The first-order chi connectivity index (χ1) is 6.15. The first-order valence-corrected chi connectivity index (χ1v) is 4.21. The van der Waals surface area contributed by atoms with Gasteiger partial charge in [0.05, 0.1) is 0 Å². The molecule has 1 aromatic carbocycles. The molecule has 1 amide bonds. The Morgan fingerprint density at radius 1 is 1.54 bits per heavy atom. The van der Waals surface area contributed by atoms with E-state index in [2.05, 4.69) is 0 Å². The smallest absolute Gasteiger partial charge is 0.243 e. The summed E-state index contributed by atoms with van der Waals surface area (Å²) in [7, 11) is 0. The highest BCUT2D eigenvalue weighted by Gasteiger charge is 2.05. The van der Waals surface area contributed by atoms with Crippen LogP contribution in [0.15, 0.2) is 24.3 Å². The molecule has 0 aromatic heterocycles. The van der Waals surface area contributed by atoms with E-state index in [0.29, 0.717) is 10.6 Å². The maximum absolute atomic E-state index is 11.3. The lowest BCUT2D eigenvalue weighted by Crippen LogP contribution is -2.24. The van der Waals surface area contributed by atoms with Gasteiger partial charge in [-0.05, 0) is 26.0 Å². The van der Waals surface area contributed by atoms with E-state index in [1.54, 1.807) is 25.1 Å². The van der Waals surface area contributed by atoms with E-state index in [1.165, 1.54) is 0 Å². The molecule has 1 rings (SSSR count). The van der Waals surface area contributed by atoms with Crippen LogP contribution in [0.25, 0.3) is 0 Å². The van der Waals surface area contributed by atoms with Gasteiger partial charge in [0.25, 0.3) is 0 Å². The van der Waals surface area contributed by atoms with Crippen molar-refractivity contribution in [1.82, 2.24) is 5.06 Å². The maximum Gasteiger partial charge on any atom is 0.243 e.